The molecule has 0 aromatic carbocycles. The van der Waals surface area contributed by atoms with Crippen LogP contribution in [0.4, 0.5) is 0 Å². The smallest absolute Gasteiger partial charge is 0.237 e. The first kappa shape index (κ1) is 10.9. The lowest BCUT2D eigenvalue weighted by Gasteiger charge is -2.14. The maximum atomic E-state index is 11.3. The number of thiazole rings is 1. The van der Waals surface area contributed by atoms with Gasteiger partial charge in [-0.2, -0.15) is 0 Å². The number of alkyl halides is 1. The van der Waals surface area contributed by atoms with Crippen molar-refractivity contribution < 1.29 is 4.79 Å². The molecule has 1 fully saturated rings. The van der Waals surface area contributed by atoms with Gasteiger partial charge in [-0.25, -0.2) is 4.98 Å². The van der Waals surface area contributed by atoms with Gasteiger partial charge in [-0.3, -0.25) is 4.79 Å². The van der Waals surface area contributed by atoms with Crippen molar-refractivity contribution in [3.8, 4) is 0 Å². The average Bonchev–Trinajstić information content (AvgIpc) is 2.88. The number of carbonyl (C=O) groups is 1. The van der Waals surface area contributed by atoms with E-state index in [4.69, 9.17) is 11.6 Å². The van der Waals surface area contributed by atoms with Crippen LogP contribution in [0.25, 0.3) is 0 Å². The van der Waals surface area contributed by atoms with E-state index in [1.54, 1.807) is 11.3 Å². The number of halogens is 1. The number of carbonyl (C=O) groups excluding carboxylic acids is 1. The van der Waals surface area contributed by atoms with Crippen molar-refractivity contribution in [2.24, 2.45) is 5.92 Å². The van der Waals surface area contributed by atoms with Crippen LogP contribution in [0, 0.1) is 5.92 Å². The second-order valence-electron chi connectivity index (χ2n) is 3.76. The van der Waals surface area contributed by atoms with E-state index in [-0.39, 0.29) is 11.8 Å². The first-order valence-corrected chi connectivity index (χ1v) is 6.43. The van der Waals surface area contributed by atoms with Crippen molar-refractivity contribution in [1.29, 1.82) is 0 Å². The molecule has 1 aromatic heterocycles. The summed E-state index contributed by atoms with van der Waals surface area (Å²) in [6.07, 6.45) is 3.89. The summed E-state index contributed by atoms with van der Waals surface area (Å²) in [5, 5.41) is 3.16. The van der Waals surface area contributed by atoms with Crippen molar-refractivity contribution >= 4 is 28.8 Å². The van der Waals surface area contributed by atoms with Gasteiger partial charge < -0.3 is 4.90 Å². The Morgan fingerprint density at radius 3 is 3.27 bits per heavy atom. The minimum atomic E-state index is 0.0540. The molecule has 0 spiro atoms. The first-order chi connectivity index (χ1) is 7.29. The van der Waals surface area contributed by atoms with E-state index < -0.39 is 0 Å². The minimum Gasteiger partial charge on any atom is -0.341 e. The highest BCUT2D eigenvalue weighted by Crippen LogP contribution is 2.21. The van der Waals surface area contributed by atoms with Gasteiger partial charge in [0.2, 0.25) is 5.91 Å². The molecule has 1 aromatic rings. The lowest BCUT2D eigenvalue weighted by Crippen LogP contribution is -2.29. The maximum Gasteiger partial charge on any atom is 0.237 e. The molecule has 0 N–H and O–H groups in total. The lowest BCUT2D eigenvalue weighted by molar-refractivity contribution is -0.127. The fourth-order valence-electron chi connectivity index (χ4n) is 1.91. The largest absolute Gasteiger partial charge is 0.341 e. The summed E-state index contributed by atoms with van der Waals surface area (Å²) in [5.41, 5.74) is 0. The van der Waals surface area contributed by atoms with Crippen LogP contribution in [0.1, 0.15) is 11.4 Å². The normalized spacial score (nSPS) is 20.9. The molecular formula is C10H13ClN2OS. The lowest BCUT2D eigenvalue weighted by atomic mass is 10.1. The number of likely N-dealkylation sites (tertiary alicyclic amines) is 1. The summed E-state index contributed by atoms with van der Waals surface area (Å²) >= 11 is 7.21. The second kappa shape index (κ2) is 4.94. The molecule has 1 saturated heterocycles. The summed E-state index contributed by atoms with van der Waals surface area (Å²) in [6, 6.07) is 0. The SMILES string of the molecule is O=C(CCl)N1CCC(Cc2nccs2)C1. The number of amides is 1. The van der Waals surface area contributed by atoms with Crippen LogP contribution in [0.2, 0.25) is 0 Å². The van der Waals surface area contributed by atoms with Crippen molar-refractivity contribution in [3.63, 3.8) is 0 Å². The van der Waals surface area contributed by atoms with Gasteiger partial charge in [0.1, 0.15) is 5.88 Å². The zero-order valence-electron chi connectivity index (χ0n) is 8.36. The summed E-state index contributed by atoms with van der Waals surface area (Å²) in [7, 11) is 0. The van der Waals surface area contributed by atoms with Crippen LogP contribution in [0.5, 0.6) is 0 Å². The molecule has 82 valence electrons. The van der Waals surface area contributed by atoms with Crippen LogP contribution in [0.15, 0.2) is 11.6 Å². The zero-order valence-corrected chi connectivity index (χ0v) is 9.93. The monoisotopic (exact) mass is 244 g/mol. The Morgan fingerprint density at radius 2 is 2.60 bits per heavy atom. The summed E-state index contributed by atoms with van der Waals surface area (Å²) in [5.74, 6) is 0.714. The van der Waals surface area contributed by atoms with E-state index in [2.05, 4.69) is 4.98 Å². The first-order valence-electron chi connectivity index (χ1n) is 5.01. The fourth-order valence-corrected chi connectivity index (χ4v) is 2.81. The van der Waals surface area contributed by atoms with Crippen LogP contribution in [0.3, 0.4) is 0 Å². The standard InChI is InChI=1S/C10H13ClN2OS/c11-6-10(14)13-3-1-8(7-13)5-9-12-2-4-15-9/h2,4,8H,1,3,5-7H2. The quantitative estimate of drug-likeness (QED) is 0.760. The molecule has 1 aliphatic rings. The van der Waals surface area contributed by atoms with Gasteiger partial charge in [0.25, 0.3) is 0 Å². The van der Waals surface area contributed by atoms with Crippen molar-refractivity contribution in [3.05, 3.63) is 16.6 Å². The second-order valence-corrected chi connectivity index (χ2v) is 5.00. The molecule has 15 heavy (non-hydrogen) atoms. The molecule has 1 atom stereocenters. The molecule has 2 rings (SSSR count). The van der Waals surface area contributed by atoms with Gasteiger partial charge in [-0.15, -0.1) is 22.9 Å². The maximum absolute atomic E-state index is 11.3. The summed E-state index contributed by atoms with van der Waals surface area (Å²) in [4.78, 5) is 17.5. The minimum absolute atomic E-state index is 0.0540. The number of nitrogens with zero attached hydrogens (tertiary/aromatic N) is 2. The summed E-state index contributed by atoms with van der Waals surface area (Å²) in [6.45, 7) is 1.69. The number of aromatic nitrogens is 1. The van der Waals surface area contributed by atoms with E-state index >= 15 is 0 Å². The number of rotatable bonds is 3. The molecule has 5 heteroatoms. The zero-order chi connectivity index (χ0) is 10.7. The van der Waals surface area contributed by atoms with Gasteiger partial charge >= 0.3 is 0 Å². The average molecular weight is 245 g/mol. The Morgan fingerprint density at radius 1 is 1.73 bits per heavy atom. The molecule has 1 aliphatic heterocycles. The van der Waals surface area contributed by atoms with Crippen molar-refractivity contribution in [1.82, 2.24) is 9.88 Å². The predicted molar refractivity (Wildman–Crippen MR) is 61.2 cm³/mol. The molecule has 1 unspecified atom stereocenters. The molecular weight excluding hydrogens is 232 g/mol. The Hall–Kier alpha value is -0.610. The van der Waals surface area contributed by atoms with Crippen LogP contribution in [-0.2, 0) is 11.2 Å². The molecule has 0 saturated carbocycles. The molecule has 1 amide bonds. The molecule has 3 nitrogen and oxygen atoms in total. The van der Waals surface area contributed by atoms with Crippen LogP contribution >= 0.6 is 22.9 Å². The topological polar surface area (TPSA) is 33.2 Å². The molecule has 0 aliphatic carbocycles. The van der Waals surface area contributed by atoms with E-state index in [1.165, 1.54) is 5.01 Å². The highest BCUT2D eigenvalue weighted by Gasteiger charge is 2.26. The third-order valence-corrected chi connectivity index (χ3v) is 3.73. The van der Waals surface area contributed by atoms with E-state index in [1.807, 2.05) is 16.5 Å². The predicted octanol–water partition coefficient (Wildman–Crippen LogP) is 1.77. The third-order valence-electron chi connectivity index (χ3n) is 2.70. The van der Waals surface area contributed by atoms with E-state index in [0.717, 1.165) is 25.9 Å². The van der Waals surface area contributed by atoms with Gasteiger partial charge in [0.05, 0.1) is 5.01 Å². The van der Waals surface area contributed by atoms with Crippen molar-refractivity contribution in [2.75, 3.05) is 19.0 Å². The van der Waals surface area contributed by atoms with Crippen LogP contribution < -0.4 is 0 Å². The highest BCUT2D eigenvalue weighted by atomic mass is 35.5. The fraction of sp³-hybridized carbons (Fsp3) is 0.600. The van der Waals surface area contributed by atoms with Gasteiger partial charge in [0.15, 0.2) is 0 Å². The number of hydrogen-bond donors (Lipinski definition) is 0. The molecule has 0 bridgehead atoms. The van der Waals surface area contributed by atoms with E-state index in [9.17, 15) is 4.79 Å². The van der Waals surface area contributed by atoms with Gasteiger partial charge in [-0.1, -0.05) is 0 Å². The Balaban J connectivity index is 1.85. The summed E-state index contributed by atoms with van der Waals surface area (Å²) < 4.78 is 0. The highest BCUT2D eigenvalue weighted by molar-refractivity contribution is 7.09. The van der Waals surface area contributed by atoms with Crippen molar-refractivity contribution in [2.45, 2.75) is 12.8 Å². The third kappa shape index (κ3) is 2.69. The van der Waals surface area contributed by atoms with Gasteiger partial charge in [-0.05, 0) is 12.3 Å². The van der Waals surface area contributed by atoms with Crippen LogP contribution in [-0.4, -0.2) is 34.8 Å². The molecule has 0 radical (unpaired) electrons. The Bertz CT molecular complexity index is 328. The Labute approximate surface area is 98.1 Å². The van der Waals surface area contributed by atoms with Gasteiger partial charge in [0, 0.05) is 31.1 Å². The van der Waals surface area contributed by atoms with E-state index in [0.29, 0.717) is 5.92 Å². The number of hydrogen-bond acceptors (Lipinski definition) is 3. The Kier molecular flexibility index (Phi) is 3.59. The molecule has 2 heterocycles.